The minimum Gasteiger partial charge on any atom is -0.377 e. The van der Waals surface area contributed by atoms with Crippen molar-refractivity contribution in [1.29, 1.82) is 0 Å². The van der Waals surface area contributed by atoms with Gasteiger partial charge in [0, 0.05) is 30.5 Å². The van der Waals surface area contributed by atoms with Crippen molar-refractivity contribution < 1.29 is 14.3 Å². The van der Waals surface area contributed by atoms with Crippen LogP contribution in [0.5, 0.6) is 0 Å². The van der Waals surface area contributed by atoms with Crippen molar-refractivity contribution >= 4 is 17.2 Å². The Labute approximate surface area is 134 Å². The van der Waals surface area contributed by atoms with E-state index >= 15 is 0 Å². The minimum atomic E-state index is -0.0921. The molecule has 2 atom stereocenters. The molecule has 1 aromatic heterocycles. The number of ether oxygens (including phenoxy) is 2. The van der Waals surface area contributed by atoms with E-state index < -0.39 is 0 Å². The normalized spacial score (nSPS) is 28.2. The molecule has 0 aliphatic carbocycles. The number of carbonyl (C=O) groups excluding carboxylic acids is 1. The van der Waals surface area contributed by atoms with Crippen molar-refractivity contribution in [3.8, 4) is 0 Å². The first-order valence-electron chi connectivity index (χ1n) is 7.73. The van der Waals surface area contributed by atoms with Gasteiger partial charge in [0.1, 0.15) is 5.69 Å². The van der Waals surface area contributed by atoms with Crippen molar-refractivity contribution in [2.24, 2.45) is 5.41 Å². The average molecular weight is 322 g/mol. The van der Waals surface area contributed by atoms with Crippen LogP contribution < -0.4 is 0 Å². The molecular weight excluding hydrogens is 300 g/mol. The van der Waals surface area contributed by atoms with Gasteiger partial charge in [0.15, 0.2) is 0 Å². The molecule has 2 saturated heterocycles. The van der Waals surface area contributed by atoms with E-state index in [2.05, 4.69) is 11.6 Å². The van der Waals surface area contributed by atoms with Crippen LogP contribution >= 0.6 is 11.3 Å². The number of rotatable bonds is 5. The molecule has 1 amide bonds. The van der Waals surface area contributed by atoms with E-state index in [1.54, 1.807) is 11.6 Å². The van der Waals surface area contributed by atoms with Gasteiger partial charge in [0.25, 0.3) is 5.91 Å². The molecule has 120 valence electrons. The molecule has 1 aromatic rings. The Kier molecular flexibility index (Phi) is 4.90. The topological polar surface area (TPSA) is 51.7 Å². The molecule has 0 spiro atoms. The third-order valence-corrected chi connectivity index (χ3v) is 5.14. The lowest BCUT2D eigenvalue weighted by Crippen LogP contribution is -2.58. The number of fused-ring (bicyclic) bond motifs is 1. The van der Waals surface area contributed by atoms with Gasteiger partial charge in [-0.15, -0.1) is 17.9 Å². The average Bonchev–Trinajstić information content (AvgIpc) is 3.08. The maximum atomic E-state index is 12.6. The number of nitrogens with zero attached hydrogens (tertiary/aromatic N) is 2. The molecule has 5 nitrogen and oxygen atoms in total. The van der Waals surface area contributed by atoms with Gasteiger partial charge in [-0.3, -0.25) is 4.79 Å². The molecule has 2 aliphatic rings. The monoisotopic (exact) mass is 322 g/mol. The van der Waals surface area contributed by atoms with E-state index in [9.17, 15) is 4.79 Å². The van der Waals surface area contributed by atoms with Crippen LogP contribution in [0.2, 0.25) is 0 Å². The van der Waals surface area contributed by atoms with E-state index in [-0.39, 0.29) is 17.4 Å². The van der Waals surface area contributed by atoms with Gasteiger partial charge < -0.3 is 14.4 Å². The summed E-state index contributed by atoms with van der Waals surface area (Å²) >= 11 is 1.45. The number of piperidine rings is 1. The predicted molar refractivity (Wildman–Crippen MR) is 85.1 cm³/mol. The van der Waals surface area contributed by atoms with Crippen molar-refractivity contribution in [3.63, 3.8) is 0 Å². The van der Waals surface area contributed by atoms with E-state index in [1.165, 1.54) is 11.3 Å². The van der Waals surface area contributed by atoms with Crippen LogP contribution in [-0.2, 0) is 9.47 Å². The lowest BCUT2D eigenvalue weighted by molar-refractivity contribution is -0.144. The predicted octanol–water partition coefficient (Wildman–Crippen LogP) is 2.36. The number of hydrogen-bond donors (Lipinski definition) is 0. The molecule has 2 fully saturated rings. The number of carbonyl (C=O) groups is 1. The Hall–Kier alpha value is -1.24. The Morgan fingerprint density at radius 1 is 1.68 bits per heavy atom. The maximum Gasteiger partial charge on any atom is 0.273 e. The van der Waals surface area contributed by atoms with Crippen LogP contribution in [0.3, 0.4) is 0 Å². The lowest BCUT2D eigenvalue weighted by atomic mass is 9.73. The molecule has 0 saturated carbocycles. The molecule has 3 rings (SSSR count). The first-order valence-corrected chi connectivity index (χ1v) is 8.67. The van der Waals surface area contributed by atoms with Gasteiger partial charge in [-0.2, -0.15) is 0 Å². The Balaban J connectivity index is 1.74. The Bertz CT molecular complexity index is 519. The number of hydrogen-bond acceptors (Lipinski definition) is 5. The van der Waals surface area contributed by atoms with Crippen LogP contribution in [-0.4, -0.2) is 54.8 Å². The van der Waals surface area contributed by atoms with Gasteiger partial charge in [0.2, 0.25) is 0 Å². The van der Waals surface area contributed by atoms with E-state index in [0.717, 1.165) is 32.4 Å². The van der Waals surface area contributed by atoms with Crippen LogP contribution in [0.4, 0.5) is 0 Å². The fraction of sp³-hybridized carbons (Fsp3) is 0.625. The second-order valence-electron chi connectivity index (χ2n) is 6.02. The summed E-state index contributed by atoms with van der Waals surface area (Å²) in [6, 6.07) is 0. The van der Waals surface area contributed by atoms with Gasteiger partial charge in [-0.1, -0.05) is 6.08 Å². The zero-order valence-corrected chi connectivity index (χ0v) is 13.5. The summed E-state index contributed by atoms with van der Waals surface area (Å²) in [5, 5.41) is 1.81. The van der Waals surface area contributed by atoms with Crippen molar-refractivity contribution in [3.05, 3.63) is 29.2 Å². The quantitative estimate of drug-likeness (QED) is 0.617. The van der Waals surface area contributed by atoms with Crippen LogP contribution in [0.25, 0.3) is 0 Å². The molecule has 0 N–H and O–H groups in total. The maximum absolute atomic E-state index is 12.6. The summed E-state index contributed by atoms with van der Waals surface area (Å²) < 4.78 is 11.7. The summed E-state index contributed by atoms with van der Waals surface area (Å²) in [5.41, 5.74) is 2.15. The Morgan fingerprint density at radius 2 is 2.59 bits per heavy atom. The fourth-order valence-electron chi connectivity index (χ4n) is 3.50. The summed E-state index contributed by atoms with van der Waals surface area (Å²) in [7, 11) is 0. The highest BCUT2D eigenvalue weighted by atomic mass is 32.1. The molecule has 0 radical (unpaired) electrons. The SMILES string of the molecule is C=CCOC[C@]12CCCO[C@@H]1CCN(C(=O)c1cscn1)C2. The molecule has 3 heterocycles. The third kappa shape index (κ3) is 3.09. The molecule has 22 heavy (non-hydrogen) atoms. The standard InChI is InChI=1S/C16H22N2O3S/c1-2-7-20-11-16-5-3-8-21-14(16)4-6-18(10-16)15(19)13-9-22-12-17-13/h2,9,12,14H,1,3-8,10-11H2/t14-,16-/m1/s1. The van der Waals surface area contributed by atoms with Gasteiger partial charge in [0.05, 0.1) is 24.8 Å². The fourth-order valence-corrected chi connectivity index (χ4v) is 4.03. The molecule has 6 heteroatoms. The molecular formula is C16H22N2O3S. The molecule has 0 unspecified atom stereocenters. The van der Waals surface area contributed by atoms with Crippen LogP contribution in [0.15, 0.2) is 23.5 Å². The van der Waals surface area contributed by atoms with Crippen LogP contribution in [0.1, 0.15) is 29.8 Å². The zero-order chi connectivity index (χ0) is 15.4. The summed E-state index contributed by atoms with van der Waals surface area (Å²) in [6.45, 7) is 7.07. The highest BCUT2D eigenvalue weighted by molar-refractivity contribution is 7.07. The molecule has 0 aromatic carbocycles. The number of thiazole rings is 1. The first kappa shape index (κ1) is 15.6. The molecule has 2 aliphatic heterocycles. The van der Waals surface area contributed by atoms with Gasteiger partial charge in [-0.05, 0) is 19.3 Å². The summed E-state index contributed by atoms with van der Waals surface area (Å²) in [4.78, 5) is 18.6. The summed E-state index contributed by atoms with van der Waals surface area (Å²) in [5.74, 6) is 0.0216. The molecule has 0 bridgehead atoms. The highest BCUT2D eigenvalue weighted by Crippen LogP contribution is 2.40. The van der Waals surface area contributed by atoms with E-state index in [0.29, 0.717) is 25.5 Å². The van der Waals surface area contributed by atoms with Crippen molar-refractivity contribution in [2.45, 2.75) is 25.4 Å². The first-order chi connectivity index (χ1) is 10.7. The van der Waals surface area contributed by atoms with Gasteiger partial charge in [-0.25, -0.2) is 4.98 Å². The third-order valence-electron chi connectivity index (χ3n) is 4.55. The number of likely N-dealkylation sites (tertiary alicyclic amines) is 1. The minimum absolute atomic E-state index is 0.0216. The summed E-state index contributed by atoms with van der Waals surface area (Å²) in [6.07, 6.45) is 4.87. The van der Waals surface area contributed by atoms with Crippen molar-refractivity contribution in [1.82, 2.24) is 9.88 Å². The highest BCUT2D eigenvalue weighted by Gasteiger charge is 2.47. The van der Waals surface area contributed by atoms with E-state index in [1.807, 2.05) is 10.3 Å². The number of amides is 1. The number of aromatic nitrogens is 1. The lowest BCUT2D eigenvalue weighted by Gasteiger charge is -2.50. The van der Waals surface area contributed by atoms with Crippen molar-refractivity contribution in [2.75, 3.05) is 32.9 Å². The van der Waals surface area contributed by atoms with Gasteiger partial charge >= 0.3 is 0 Å². The Morgan fingerprint density at radius 3 is 3.36 bits per heavy atom. The second-order valence-corrected chi connectivity index (χ2v) is 6.74. The van der Waals surface area contributed by atoms with E-state index in [4.69, 9.17) is 9.47 Å². The second kappa shape index (κ2) is 6.89. The largest absolute Gasteiger partial charge is 0.377 e. The zero-order valence-electron chi connectivity index (χ0n) is 12.7. The van der Waals surface area contributed by atoms with Crippen LogP contribution in [0, 0.1) is 5.41 Å². The smallest absolute Gasteiger partial charge is 0.273 e.